The van der Waals surface area contributed by atoms with E-state index in [1.807, 2.05) is 0 Å². The van der Waals surface area contributed by atoms with Crippen molar-refractivity contribution in [2.75, 3.05) is 33.3 Å². The third kappa shape index (κ3) is 10.8. The van der Waals surface area contributed by atoms with E-state index in [9.17, 15) is 9.59 Å². The standard InChI is InChI=1S/C5H8O4.C4H10N2/c1-9-5(8)3-2-4(6)7;1-2-6-4-3-5-1/h2-3H2,1H3,(H,6,7);5-6H,1-4H2. The SMILES string of the molecule is C1CNCCN1.COC(=O)CCC(=O)O. The molecule has 0 atom stereocenters. The summed E-state index contributed by atoms with van der Waals surface area (Å²) >= 11 is 0. The molecule has 6 heteroatoms. The highest BCUT2D eigenvalue weighted by atomic mass is 16.5. The summed E-state index contributed by atoms with van der Waals surface area (Å²) in [5, 5.41) is 14.5. The lowest BCUT2D eigenvalue weighted by Crippen LogP contribution is -2.39. The Morgan fingerprint density at radius 2 is 1.60 bits per heavy atom. The van der Waals surface area contributed by atoms with E-state index < -0.39 is 11.9 Å². The monoisotopic (exact) mass is 218 g/mol. The van der Waals surface area contributed by atoms with Crippen LogP contribution < -0.4 is 10.6 Å². The number of ether oxygens (including phenoxy) is 1. The van der Waals surface area contributed by atoms with Gasteiger partial charge in [-0.2, -0.15) is 0 Å². The molecule has 0 aliphatic carbocycles. The first kappa shape index (κ1) is 13.9. The minimum atomic E-state index is -0.986. The van der Waals surface area contributed by atoms with Gasteiger partial charge in [0.1, 0.15) is 0 Å². The minimum Gasteiger partial charge on any atom is -0.481 e. The fourth-order valence-corrected chi connectivity index (χ4v) is 0.915. The molecule has 1 heterocycles. The third-order valence-electron chi connectivity index (χ3n) is 1.73. The first-order valence-electron chi connectivity index (χ1n) is 4.87. The van der Waals surface area contributed by atoms with Gasteiger partial charge in [-0.1, -0.05) is 0 Å². The Bertz CT molecular complexity index is 181. The molecule has 1 fully saturated rings. The van der Waals surface area contributed by atoms with Crippen LogP contribution in [0.5, 0.6) is 0 Å². The molecular weight excluding hydrogens is 200 g/mol. The number of carboxylic acids is 1. The van der Waals surface area contributed by atoms with Crippen LogP contribution in [-0.4, -0.2) is 50.3 Å². The molecule has 15 heavy (non-hydrogen) atoms. The summed E-state index contributed by atoms with van der Waals surface area (Å²) < 4.78 is 4.20. The molecule has 0 amide bonds. The highest BCUT2D eigenvalue weighted by Crippen LogP contribution is 1.89. The van der Waals surface area contributed by atoms with Crippen molar-refractivity contribution in [1.82, 2.24) is 10.6 Å². The molecule has 0 aromatic rings. The van der Waals surface area contributed by atoms with Crippen LogP contribution in [0.25, 0.3) is 0 Å². The number of piperazine rings is 1. The van der Waals surface area contributed by atoms with Gasteiger partial charge in [0.25, 0.3) is 0 Å². The van der Waals surface area contributed by atoms with Crippen molar-refractivity contribution in [1.29, 1.82) is 0 Å². The average molecular weight is 218 g/mol. The number of carbonyl (C=O) groups excluding carboxylic acids is 1. The van der Waals surface area contributed by atoms with Gasteiger partial charge in [-0.25, -0.2) is 0 Å². The van der Waals surface area contributed by atoms with Crippen LogP contribution in [0.2, 0.25) is 0 Å². The number of nitrogens with one attached hydrogen (secondary N) is 2. The molecule has 88 valence electrons. The molecule has 0 bridgehead atoms. The average Bonchev–Trinajstić information content (AvgIpc) is 2.29. The number of rotatable bonds is 3. The lowest BCUT2D eigenvalue weighted by atomic mass is 10.3. The second-order valence-corrected chi connectivity index (χ2v) is 2.97. The number of carbonyl (C=O) groups is 2. The normalized spacial score (nSPS) is 14.7. The number of hydrogen-bond donors (Lipinski definition) is 3. The summed E-state index contributed by atoms with van der Waals surface area (Å²) in [6, 6.07) is 0. The van der Waals surface area contributed by atoms with E-state index in [4.69, 9.17) is 5.11 Å². The lowest BCUT2D eigenvalue weighted by molar-refractivity contribution is -0.145. The molecule has 1 rings (SSSR count). The number of aliphatic carboxylic acids is 1. The van der Waals surface area contributed by atoms with Crippen LogP contribution in [-0.2, 0) is 14.3 Å². The molecule has 0 aromatic heterocycles. The Morgan fingerprint density at radius 3 is 1.87 bits per heavy atom. The molecule has 0 spiro atoms. The summed E-state index contributed by atoms with van der Waals surface area (Å²) in [4.78, 5) is 20.0. The Hall–Kier alpha value is -1.14. The summed E-state index contributed by atoms with van der Waals surface area (Å²) in [7, 11) is 1.23. The van der Waals surface area contributed by atoms with Crippen molar-refractivity contribution in [3.8, 4) is 0 Å². The van der Waals surface area contributed by atoms with Crippen molar-refractivity contribution in [2.24, 2.45) is 0 Å². The summed E-state index contributed by atoms with van der Waals surface area (Å²) in [5.41, 5.74) is 0. The zero-order valence-electron chi connectivity index (χ0n) is 8.91. The molecule has 1 saturated heterocycles. The fraction of sp³-hybridized carbons (Fsp3) is 0.778. The van der Waals surface area contributed by atoms with Crippen molar-refractivity contribution >= 4 is 11.9 Å². The van der Waals surface area contributed by atoms with Crippen molar-refractivity contribution in [3.63, 3.8) is 0 Å². The third-order valence-corrected chi connectivity index (χ3v) is 1.73. The fourth-order valence-electron chi connectivity index (χ4n) is 0.915. The zero-order chi connectivity index (χ0) is 11.5. The van der Waals surface area contributed by atoms with Gasteiger partial charge in [0.15, 0.2) is 0 Å². The van der Waals surface area contributed by atoms with E-state index in [1.54, 1.807) is 0 Å². The van der Waals surface area contributed by atoms with Gasteiger partial charge >= 0.3 is 11.9 Å². The van der Waals surface area contributed by atoms with E-state index >= 15 is 0 Å². The van der Waals surface area contributed by atoms with E-state index in [-0.39, 0.29) is 12.8 Å². The molecule has 0 unspecified atom stereocenters. The quantitative estimate of drug-likeness (QED) is 0.538. The van der Waals surface area contributed by atoms with Gasteiger partial charge in [0, 0.05) is 26.2 Å². The van der Waals surface area contributed by atoms with Gasteiger partial charge in [0.05, 0.1) is 20.0 Å². The Balaban J connectivity index is 0.000000280. The molecule has 0 aromatic carbocycles. The summed E-state index contributed by atoms with van der Waals surface area (Å²) in [6.45, 7) is 4.56. The van der Waals surface area contributed by atoms with Crippen LogP contribution in [0.1, 0.15) is 12.8 Å². The highest BCUT2D eigenvalue weighted by Gasteiger charge is 2.02. The lowest BCUT2D eigenvalue weighted by Gasteiger charge is -2.11. The Kier molecular flexibility index (Phi) is 8.70. The molecule has 0 radical (unpaired) electrons. The van der Waals surface area contributed by atoms with Crippen LogP contribution in [0.4, 0.5) is 0 Å². The Labute approximate surface area is 89.0 Å². The number of carboxylic acid groups (broad SMARTS) is 1. The second kappa shape index (κ2) is 9.42. The van der Waals surface area contributed by atoms with Crippen LogP contribution in [0, 0.1) is 0 Å². The maximum Gasteiger partial charge on any atom is 0.306 e. The van der Waals surface area contributed by atoms with Crippen molar-refractivity contribution in [2.45, 2.75) is 12.8 Å². The van der Waals surface area contributed by atoms with Crippen LogP contribution >= 0.6 is 0 Å². The first-order valence-corrected chi connectivity index (χ1v) is 4.87. The van der Waals surface area contributed by atoms with Crippen LogP contribution in [0.15, 0.2) is 0 Å². The van der Waals surface area contributed by atoms with Gasteiger partial charge < -0.3 is 20.5 Å². The number of hydrogen-bond acceptors (Lipinski definition) is 5. The number of methoxy groups -OCH3 is 1. The molecule has 1 aliphatic rings. The zero-order valence-corrected chi connectivity index (χ0v) is 8.91. The van der Waals surface area contributed by atoms with Crippen LogP contribution in [0.3, 0.4) is 0 Å². The van der Waals surface area contributed by atoms with E-state index in [2.05, 4.69) is 15.4 Å². The largest absolute Gasteiger partial charge is 0.481 e. The van der Waals surface area contributed by atoms with E-state index in [1.165, 1.54) is 7.11 Å². The summed E-state index contributed by atoms with van der Waals surface area (Å²) in [5.74, 6) is -1.47. The van der Waals surface area contributed by atoms with Gasteiger partial charge in [-0.15, -0.1) is 0 Å². The number of esters is 1. The molecule has 0 saturated carbocycles. The van der Waals surface area contributed by atoms with Crippen molar-refractivity contribution in [3.05, 3.63) is 0 Å². The second-order valence-electron chi connectivity index (χ2n) is 2.97. The van der Waals surface area contributed by atoms with Gasteiger partial charge in [-0.3, -0.25) is 9.59 Å². The highest BCUT2D eigenvalue weighted by molar-refractivity contribution is 5.76. The Morgan fingerprint density at radius 1 is 1.13 bits per heavy atom. The van der Waals surface area contributed by atoms with Gasteiger partial charge in [0.2, 0.25) is 0 Å². The van der Waals surface area contributed by atoms with E-state index in [0.717, 1.165) is 26.2 Å². The molecule has 1 aliphatic heterocycles. The molecular formula is C9H18N2O4. The minimum absolute atomic E-state index is 0.0498. The maximum absolute atomic E-state index is 10.2. The first-order chi connectivity index (χ1) is 7.16. The smallest absolute Gasteiger partial charge is 0.306 e. The maximum atomic E-state index is 10.2. The van der Waals surface area contributed by atoms with Crippen molar-refractivity contribution < 1.29 is 19.4 Å². The summed E-state index contributed by atoms with van der Waals surface area (Å²) in [6.07, 6.45) is -0.210. The van der Waals surface area contributed by atoms with Gasteiger partial charge in [-0.05, 0) is 0 Å². The predicted octanol–water partition coefficient (Wildman–Crippen LogP) is -0.797. The topological polar surface area (TPSA) is 87.7 Å². The molecule has 6 nitrogen and oxygen atoms in total. The molecule has 3 N–H and O–H groups in total. The van der Waals surface area contributed by atoms with E-state index in [0.29, 0.717) is 0 Å². The predicted molar refractivity (Wildman–Crippen MR) is 54.6 cm³/mol.